The van der Waals surface area contributed by atoms with Gasteiger partial charge in [0, 0.05) is 44.6 Å². The lowest BCUT2D eigenvalue weighted by atomic mass is 9.75. The molecule has 0 aliphatic heterocycles. The second-order valence-electron chi connectivity index (χ2n) is 33.1. The number of fused-ring (bicyclic) bond motifs is 6. The SMILES string of the molecule is CC1(C)c2ccccc2-c2c(-c3cccc(N(c4ccccc4-c4ccc(CC5(C)c6ccccc6-c6c(-c7cccc(N(c8ccc(-c9cccc(-c%10ccccc%10)c9)cc8)c8cccc(-c9ccccc9)c8-c8ccccc8-c8ccccc8)c7)cccc65)cc4)c4cccc(-c5ccccc5)c4-c4ccccc4-c4ccccc4)c3)cccc21. The molecule has 2 aliphatic rings. The van der Waals surface area contributed by atoms with Gasteiger partial charge in [-0.15, -0.1) is 0 Å². The Morgan fingerprint density at radius 1 is 0.172 bits per heavy atom. The second kappa shape index (κ2) is 31.6. The lowest BCUT2D eigenvalue weighted by Crippen LogP contribution is -2.23. The number of rotatable bonds is 19. The first-order valence-electron chi connectivity index (χ1n) is 42.6. The summed E-state index contributed by atoms with van der Waals surface area (Å²) >= 11 is 0. The van der Waals surface area contributed by atoms with Crippen LogP contribution in [-0.4, -0.2) is 0 Å². The van der Waals surface area contributed by atoms with E-state index < -0.39 is 0 Å². The van der Waals surface area contributed by atoms with E-state index in [1.165, 1.54) is 89.0 Å². The molecule has 0 saturated carbocycles. The van der Waals surface area contributed by atoms with Crippen LogP contribution in [0.5, 0.6) is 0 Å². The summed E-state index contributed by atoms with van der Waals surface area (Å²) in [5.41, 5.74) is 43.2. The van der Waals surface area contributed by atoms with Gasteiger partial charge in [0.05, 0.1) is 17.1 Å². The fraction of sp³-hybridized carbons (Fsp3) is 0.0500. The maximum atomic E-state index is 2.55. The maximum Gasteiger partial charge on any atom is 0.0546 e. The van der Waals surface area contributed by atoms with Crippen molar-refractivity contribution in [3.05, 3.63) is 495 Å². The van der Waals surface area contributed by atoms with Crippen molar-refractivity contribution in [1.82, 2.24) is 0 Å². The van der Waals surface area contributed by atoms with Crippen LogP contribution in [0.2, 0.25) is 0 Å². The van der Waals surface area contributed by atoms with Gasteiger partial charge in [-0.05, 0) is 223 Å². The zero-order chi connectivity index (χ0) is 81.7. The van der Waals surface area contributed by atoms with Gasteiger partial charge in [0.1, 0.15) is 0 Å². The van der Waals surface area contributed by atoms with Crippen molar-refractivity contribution < 1.29 is 0 Å². The maximum absolute atomic E-state index is 2.55. The predicted octanol–water partition coefficient (Wildman–Crippen LogP) is 32.8. The fourth-order valence-electron chi connectivity index (χ4n) is 19.8. The molecule has 0 spiro atoms. The topological polar surface area (TPSA) is 6.48 Å². The monoisotopic (exact) mass is 1560 g/mol. The van der Waals surface area contributed by atoms with Gasteiger partial charge < -0.3 is 9.80 Å². The number of anilines is 6. The molecular weight excluding hydrogens is 1470 g/mol. The van der Waals surface area contributed by atoms with Crippen LogP contribution in [0, 0.1) is 0 Å². The summed E-state index contributed by atoms with van der Waals surface area (Å²) in [7, 11) is 0. The van der Waals surface area contributed by atoms with Crippen molar-refractivity contribution in [2.24, 2.45) is 0 Å². The third-order valence-electron chi connectivity index (χ3n) is 25.6. The van der Waals surface area contributed by atoms with Gasteiger partial charge in [-0.25, -0.2) is 0 Å². The molecule has 0 aromatic heterocycles. The van der Waals surface area contributed by atoms with Gasteiger partial charge >= 0.3 is 0 Å². The molecule has 0 saturated heterocycles. The molecule has 2 heteroatoms. The molecule has 2 aliphatic carbocycles. The number of hydrogen-bond acceptors (Lipinski definition) is 2. The number of para-hydroxylation sites is 1. The minimum absolute atomic E-state index is 0.152. The first-order chi connectivity index (χ1) is 60.2. The average molecular weight is 1560 g/mol. The first kappa shape index (κ1) is 74.3. The Hall–Kier alpha value is -15.2. The van der Waals surface area contributed by atoms with E-state index in [-0.39, 0.29) is 10.8 Å². The first-order valence-corrected chi connectivity index (χ1v) is 42.6. The molecule has 0 radical (unpaired) electrons. The summed E-state index contributed by atoms with van der Waals surface area (Å²) in [6.45, 7) is 7.22. The highest BCUT2D eigenvalue weighted by atomic mass is 15.2. The van der Waals surface area contributed by atoms with Gasteiger partial charge in [0.15, 0.2) is 0 Å². The van der Waals surface area contributed by atoms with Crippen LogP contribution in [0.4, 0.5) is 34.1 Å². The van der Waals surface area contributed by atoms with Crippen LogP contribution >= 0.6 is 0 Å². The van der Waals surface area contributed by atoms with Crippen molar-refractivity contribution in [3.8, 4) is 145 Å². The third-order valence-corrected chi connectivity index (χ3v) is 25.6. The second-order valence-corrected chi connectivity index (χ2v) is 33.1. The van der Waals surface area contributed by atoms with Gasteiger partial charge in [-0.1, -0.05) is 427 Å². The van der Waals surface area contributed by atoms with E-state index in [1.54, 1.807) is 0 Å². The van der Waals surface area contributed by atoms with Crippen molar-refractivity contribution in [1.29, 1.82) is 0 Å². The van der Waals surface area contributed by atoms with Crippen LogP contribution in [-0.2, 0) is 17.3 Å². The molecule has 19 aromatic carbocycles. The van der Waals surface area contributed by atoms with Crippen LogP contribution in [0.25, 0.3) is 145 Å². The molecule has 19 aromatic rings. The summed E-state index contributed by atoms with van der Waals surface area (Å²) in [4.78, 5) is 5.05. The van der Waals surface area contributed by atoms with Gasteiger partial charge in [0.2, 0.25) is 0 Å². The lowest BCUT2D eigenvalue weighted by Gasteiger charge is -2.32. The molecule has 0 N–H and O–H groups in total. The molecule has 2 nitrogen and oxygen atoms in total. The molecule has 0 amide bonds. The molecule has 122 heavy (non-hydrogen) atoms. The fourth-order valence-corrected chi connectivity index (χ4v) is 19.8. The van der Waals surface area contributed by atoms with Gasteiger partial charge in [-0.2, -0.15) is 0 Å². The summed E-state index contributed by atoms with van der Waals surface area (Å²) in [6.07, 6.45) is 0.786. The molecule has 0 heterocycles. The number of nitrogens with zero attached hydrogens (tertiary/aromatic N) is 2. The molecular formula is C120H88N2. The average Bonchev–Trinajstić information content (AvgIpc) is 1.54. The Balaban J connectivity index is 0.680. The number of benzene rings is 19. The Kier molecular flexibility index (Phi) is 19.2. The van der Waals surface area contributed by atoms with Crippen LogP contribution in [0.3, 0.4) is 0 Å². The van der Waals surface area contributed by atoms with Crippen molar-refractivity contribution in [3.63, 3.8) is 0 Å². The summed E-state index contributed by atoms with van der Waals surface area (Å²) in [6, 6.07) is 173. The molecule has 1 unspecified atom stereocenters. The largest absolute Gasteiger partial charge is 0.310 e. The zero-order valence-electron chi connectivity index (χ0n) is 68.6. The molecule has 0 fully saturated rings. The van der Waals surface area contributed by atoms with E-state index in [1.807, 2.05) is 0 Å². The Morgan fingerprint density at radius 3 is 1.01 bits per heavy atom. The van der Waals surface area contributed by atoms with E-state index in [9.17, 15) is 0 Å². The predicted molar refractivity (Wildman–Crippen MR) is 515 cm³/mol. The minimum Gasteiger partial charge on any atom is -0.310 e. The van der Waals surface area contributed by atoms with E-state index in [2.05, 4.69) is 498 Å². The summed E-state index contributed by atoms with van der Waals surface area (Å²) in [5.74, 6) is 0. The highest BCUT2D eigenvalue weighted by Gasteiger charge is 2.42. The van der Waals surface area contributed by atoms with Crippen molar-refractivity contribution in [2.45, 2.75) is 38.0 Å². The van der Waals surface area contributed by atoms with E-state index in [0.717, 1.165) is 124 Å². The summed E-state index contributed by atoms with van der Waals surface area (Å²) in [5, 5.41) is 0. The zero-order valence-corrected chi connectivity index (χ0v) is 68.6. The quantitative estimate of drug-likeness (QED) is 0.0796. The van der Waals surface area contributed by atoms with Crippen LogP contribution in [0.15, 0.2) is 467 Å². The summed E-state index contributed by atoms with van der Waals surface area (Å²) < 4.78 is 0. The Bertz CT molecular complexity index is 7110. The molecule has 0 bridgehead atoms. The minimum atomic E-state index is -0.388. The van der Waals surface area contributed by atoms with Crippen molar-refractivity contribution in [2.75, 3.05) is 9.80 Å². The molecule has 21 rings (SSSR count). The van der Waals surface area contributed by atoms with Gasteiger partial charge in [0.25, 0.3) is 0 Å². The third kappa shape index (κ3) is 13.3. The Morgan fingerprint density at radius 2 is 0.484 bits per heavy atom. The van der Waals surface area contributed by atoms with E-state index in [4.69, 9.17) is 0 Å². The lowest BCUT2D eigenvalue weighted by molar-refractivity contribution is 0.583. The smallest absolute Gasteiger partial charge is 0.0546 e. The van der Waals surface area contributed by atoms with Crippen LogP contribution < -0.4 is 9.80 Å². The highest BCUT2D eigenvalue weighted by Crippen LogP contribution is 2.58. The van der Waals surface area contributed by atoms with Gasteiger partial charge in [-0.3, -0.25) is 0 Å². The number of hydrogen-bond donors (Lipinski definition) is 0. The van der Waals surface area contributed by atoms with Crippen LogP contribution in [0.1, 0.15) is 48.6 Å². The standard InChI is InChI=1S/C120H88N2/c1-119(2)108-63-26-23-57-106(108)115-102(59-32-65-110(115)119)93-49-31-51-96(80-93)122(114-69-35-62-101(88-44-17-8-18-45-88)118(114)105-56-22-20-53-98(105)86-40-13-6-14-41-86)112-67-28-25-54-99(112)89-72-70-82(71-73-89)81-120(3)109-64-27-24-58-107(109)116-103(60-33-66-111(116)120)92-48-30-50-95(79-92)121(94-76-74-84(75-77-94)91-47-29-46-90(78-91)83-36-9-4-10-37-83)113-68-34-61-100(87-42-15-7-16-43-87)117(113)104-55-21-19-52-97(104)85-38-11-5-12-39-85/h4-80H,81H2,1-3H3. The highest BCUT2D eigenvalue weighted by molar-refractivity contribution is 6.06. The Labute approximate surface area is 716 Å². The van der Waals surface area contributed by atoms with E-state index in [0.29, 0.717) is 0 Å². The molecule has 1 atom stereocenters. The van der Waals surface area contributed by atoms with Crippen molar-refractivity contribution >= 4 is 34.1 Å². The normalized spacial score (nSPS) is 13.3. The van der Waals surface area contributed by atoms with E-state index >= 15 is 0 Å². The molecule has 578 valence electrons.